The molecule has 2 aromatic carbocycles. The van der Waals surface area contributed by atoms with E-state index < -0.39 is 0 Å². The summed E-state index contributed by atoms with van der Waals surface area (Å²) in [5, 5.41) is 0. The first-order valence-electron chi connectivity index (χ1n) is 7.99. The van der Waals surface area contributed by atoms with Crippen molar-refractivity contribution in [3.63, 3.8) is 0 Å². The highest BCUT2D eigenvalue weighted by Gasteiger charge is 2.24. The monoisotopic (exact) mass is 357 g/mol. The molecule has 0 aliphatic carbocycles. The van der Waals surface area contributed by atoms with Crippen LogP contribution in [0.2, 0.25) is 0 Å². The molecule has 0 radical (unpaired) electrons. The highest BCUT2D eigenvalue weighted by Crippen LogP contribution is 2.34. The van der Waals surface area contributed by atoms with Crippen molar-refractivity contribution >= 4 is 29.3 Å². The number of thioether (sulfide) groups is 1. The summed E-state index contributed by atoms with van der Waals surface area (Å²) in [7, 11) is 1.58. The lowest BCUT2D eigenvalue weighted by atomic mass is 10.2. The fourth-order valence-corrected chi connectivity index (χ4v) is 3.59. The molecular formula is C19H19NO4S. The van der Waals surface area contributed by atoms with Gasteiger partial charge < -0.3 is 14.4 Å². The smallest absolute Gasteiger partial charge is 0.307 e. The first-order valence-corrected chi connectivity index (χ1v) is 8.97. The summed E-state index contributed by atoms with van der Waals surface area (Å²) in [6.07, 6.45) is 0.153. The van der Waals surface area contributed by atoms with E-state index >= 15 is 0 Å². The van der Waals surface area contributed by atoms with Gasteiger partial charge in [0.25, 0.3) is 0 Å². The van der Waals surface area contributed by atoms with Crippen LogP contribution < -0.4 is 9.64 Å². The van der Waals surface area contributed by atoms with Gasteiger partial charge in [0.05, 0.1) is 25.0 Å². The standard InChI is InChI=1S/C19H19NO4S/c1-23-16-8-4-2-6-14(16)12-24-19(22)10-11-20-15-7-3-5-9-17(15)25-13-18(20)21/h2-9H,10-13H2,1H3. The predicted octanol–water partition coefficient (Wildman–Crippen LogP) is 3.27. The number of fused-ring (bicyclic) bond motifs is 1. The molecular weight excluding hydrogens is 338 g/mol. The van der Waals surface area contributed by atoms with Crippen LogP contribution in [0.4, 0.5) is 5.69 Å². The summed E-state index contributed by atoms with van der Waals surface area (Å²) in [5.41, 5.74) is 1.68. The summed E-state index contributed by atoms with van der Waals surface area (Å²) in [5.74, 6) is 0.760. The molecule has 0 bridgehead atoms. The van der Waals surface area contributed by atoms with Gasteiger partial charge in [0.15, 0.2) is 0 Å². The van der Waals surface area contributed by atoms with E-state index in [9.17, 15) is 9.59 Å². The molecule has 5 nitrogen and oxygen atoms in total. The van der Waals surface area contributed by atoms with Crippen LogP contribution in [0.3, 0.4) is 0 Å². The number of carbonyl (C=O) groups excluding carboxylic acids is 2. The van der Waals surface area contributed by atoms with Crippen molar-refractivity contribution in [1.29, 1.82) is 0 Å². The van der Waals surface area contributed by atoms with Crippen molar-refractivity contribution in [2.24, 2.45) is 0 Å². The van der Waals surface area contributed by atoms with E-state index in [0.29, 0.717) is 18.0 Å². The fourth-order valence-electron chi connectivity index (χ4n) is 2.65. The zero-order chi connectivity index (χ0) is 17.6. The third-order valence-corrected chi connectivity index (χ3v) is 4.98. The highest BCUT2D eigenvalue weighted by molar-refractivity contribution is 8.00. The second-order valence-corrected chi connectivity index (χ2v) is 6.54. The molecule has 1 amide bonds. The lowest BCUT2D eigenvalue weighted by Gasteiger charge is -2.28. The van der Waals surface area contributed by atoms with Crippen LogP contribution >= 0.6 is 11.8 Å². The lowest BCUT2D eigenvalue weighted by Crippen LogP contribution is -2.37. The summed E-state index contributed by atoms with van der Waals surface area (Å²) < 4.78 is 10.6. The number of para-hydroxylation sites is 2. The maximum absolute atomic E-state index is 12.2. The van der Waals surface area contributed by atoms with Crippen molar-refractivity contribution in [2.75, 3.05) is 24.3 Å². The van der Waals surface area contributed by atoms with Crippen LogP contribution in [0.15, 0.2) is 53.4 Å². The van der Waals surface area contributed by atoms with Crippen LogP contribution in [-0.2, 0) is 20.9 Å². The van der Waals surface area contributed by atoms with Crippen LogP contribution in [0, 0.1) is 0 Å². The van der Waals surface area contributed by atoms with Gasteiger partial charge in [-0.15, -0.1) is 11.8 Å². The summed E-state index contributed by atoms with van der Waals surface area (Å²) in [4.78, 5) is 27.0. The quantitative estimate of drug-likeness (QED) is 0.743. The molecule has 0 aromatic heterocycles. The maximum atomic E-state index is 12.2. The number of hydrogen-bond donors (Lipinski definition) is 0. The Kier molecular flexibility index (Phi) is 5.60. The number of rotatable bonds is 6. The third-order valence-electron chi connectivity index (χ3n) is 3.93. The normalized spacial score (nSPS) is 13.3. The van der Waals surface area contributed by atoms with Crippen molar-refractivity contribution in [1.82, 2.24) is 0 Å². The van der Waals surface area contributed by atoms with Gasteiger partial charge in [-0.25, -0.2) is 0 Å². The van der Waals surface area contributed by atoms with E-state index in [0.717, 1.165) is 16.1 Å². The van der Waals surface area contributed by atoms with Crippen LogP contribution in [0.1, 0.15) is 12.0 Å². The maximum Gasteiger partial charge on any atom is 0.307 e. The van der Waals surface area contributed by atoms with Crippen LogP contribution in [0.5, 0.6) is 5.75 Å². The molecule has 0 atom stereocenters. The Balaban J connectivity index is 1.57. The number of benzene rings is 2. The Morgan fingerprint density at radius 3 is 2.76 bits per heavy atom. The minimum absolute atomic E-state index is 0.0150. The number of carbonyl (C=O) groups is 2. The number of methoxy groups -OCH3 is 1. The second kappa shape index (κ2) is 8.07. The van der Waals surface area contributed by atoms with Crippen molar-refractivity contribution in [3.05, 3.63) is 54.1 Å². The van der Waals surface area contributed by atoms with Crippen molar-refractivity contribution in [3.8, 4) is 5.75 Å². The molecule has 6 heteroatoms. The Labute approximate surface area is 150 Å². The van der Waals surface area contributed by atoms with Gasteiger partial charge in [-0.2, -0.15) is 0 Å². The van der Waals surface area contributed by atoms with E-state index in [4.69, 9.17) is 9.47 Å². The molecule has 0 saturated heterocycles. The van der Waals surface area contributed by atoms with E-state index in [1.54, 1.807) is 12.0 Å². The van der Waals surface area contributed by atoms with Gasteiger partial charge in [-0.3, -0.25) is 9.59 Å². The summed E-state index contributed by atoms with van der Waals surface area (Å²) in [6, 6.07) is 15.1. The molecule has 0 spiro atoms. The fraction of sp³-hybridized carbons (Fsp3) is 0.263. The van der Waals surface area contributed by atoms with Crippen LogP contribution in [0.25, 0.3) is 0 Å². The molecule has 2 aromatic rings. The van der Waals surface area contributed by atoms with Gasteiger partial charge in [0, 0.05) is 17.0 Å². The van der Waals surface area contributed by atoms with E-state index in [1.807, 2.05) is 48.5 Å². The lowest BCUT2D eigenvalue weighted by molar-refractivity contribution is -0.144. The Bertz CT molecular complexity index is 778. The Hall–Kier alpha value is -2.47. The predicted molar refractivity (Wildman–Crippen MR) is 96.9 cm³/mol. The molecule has 1 aliphatic heterocycles. The number of esters is 1. The van der Waals surface area contributed by atoms with Gasteiger partial charge in [-0.05, 0) is 18.2 Å². The Morgan fingerprint density at radius 2 is 1.92 bits per heavy atom. The molecule has 1 aliphatic rings. The molecule has 0 saturated carbocycles. The average Bonchev–Trinajstić information content (AvgIpc) is 2.65. The minimum atomic E-state index is -0.339. The topological polar surface area (TPSA) is 55.8 Å². The zero-order valence-electron chi connectivity index (χ0n) is 13.9. The van der Waals surface area contributed by atoms with Crippen molar-refractivity contribution < 1.29 is 19.1 Å². The van der Waals surface area contributed by atoms with Gasteiger partial charge >= 0.3 is 5.97 Å². The van der Waals surface area contributed by atoms with Crippen LogP contribution in [-0.4, -0.2) is 31.3 Å². The average molecular weight is 357 g/mol. The summed E-state index contributed by atoms with van der Waals surface area (Å²) >= 11 is 1.53. The zero-order valence-corrected chi connectivity index (χ0v) is 14.8. The number of amides is 1. The Morgan fingerprint density at radius 1 is 1.16 bits per heavy atom. The second-order valence-electron chi connectivity index (χ2n) is 5.52. The number of ether oxygens (including phenoxy) is 2. The molecule has 3 rings (SSSR count). The first kappa shape index (κ1) is 17.4. The largest absolute Gasteiger partial charge is 0.496 e. The molecule has 0 N–H and O–H groups in total. The molecule has 25 heavy (non-hydrogen) atoms. The number of anilines is 1. The summed E-state index contributed by atoms with van der Waals surface area (Å²) in [6.45, 7) is 0.477. The third kappa shape index (κ3) is 4.14. The molecule has 0 unspecified atom stereocenters. The van der Waals surface area contributed by atoms with E-state index in [-0.39, 0.29) is 24.9 Å². The van der Waals surface area contributed by atoms with Crippen molar-refractivity contribution in [2.45, 2.75) is 17.9 Å². The first-order chi connectivity index (χ1) is 12.2. The minimum Gasteiger partial charge on any atom is -0.496 e. The number of nitrogens with zero attached hydrogens (tertiary/aromatic N) is 1. The molecule has 130 valence electrons. The van der Waals surface area contributed by atoms with Gasteiger partial charge in [0.1, 0.15) is 12.4 Å². The molecule has 1 heterocycles. The number of hydrogen-bond acceptors (Lipinski definition) is 5. The highest BCUT2D eigenvalue weighted by atomic mass is 32.2. The van der Waals surface area contributed by atoms with E-state index in [1.165, 1.54) is 11.8 Å². The molecule has 0 fully saturated rings. The van der Waals surface area contributed by atoms with Gasteiger partial charge in [0.2, 0.25) is 5.91 Å². The van der Waals surface area contributed by atoms with E-state index in [2.05, 4.69) is 0 Å². The SMILES string of the molecule is COc1ccccc1COC(=O)CCN1C(=O)CSc2ccccc21. The van der Waals surface area contributed by atoms with Gasteiger partial charge in [-0.1, -0.05) is 30.3 Å².